The van der Waals surface area contributed by atoms with Crippen molar-refractivity contribution in [2.24, 2.45) is 0 Å². The second-order valence-electron chi connectivity index (χ2n) is 3.55. The van der Waals surface area contributed by atoms with Gasteiger partial charge in [-0.25, -0.2) is 0 Å². The highest BCUT2D eigenvalue weighted by molar-refractivity contribution is 6.30. The van der Waals surface area contributed by atoms with Crippen molar-refractivity contribution in [3.8, 4) is 0 Å². The number of hydrogen-bond acceptors (Lipinski definition) is 1. The van der Waals surface area contributed by atoms with E-state index < -0.39 is 0 Å². The van der Waals surface area contributed by atoms with E-state index in [4.69, 9.17) is 23.2 Å². The van der Waals surface area contributed by atoms with Crippen molar-refractivity contribution in [3.63, 3.8) is 0 Å². The number of amides is 1. The fraction of sp³-hybridized carbons (Fsp3) is 0.417. The van der Waals surface area contributed by atoms with Crippen molar-refractivity contribution in [3.05, 3.63) is 34.9 Å². The number of unbranched alkanes of at least 4 members (excludes halogenated alkanes) is 1. The second kappa shape index (κ2) is 7.53. The van der Waals surface area contributed by atoms with Gasteiger partial charge in [0.15, 0.2) is 0 Å². The highest BCUT2D eigenvalue weighted by Crippen LogP contribution is 2.10. The molecule has 1 aromatic rings. The van der Waals surface area contributed by atoms with Gasteiger partial charge in [-0.3, -0.25) is 4.79 Å². The first-order valence-corrected chi connectivity index (χ1v) is 6.20. The van der Waals surface area contributed by atoms with Gasteiger partial charge in [-0.05, 0) is 30.5 Å². The Kier molecular flexibility index (Phi) is 6.27. The van der Waals surface area contributed by atoms with Crippen molar-refractivity contribution in [2.45, 2.75) is 25.8 Å². The Labute approximate surface area is 106 Å². The minimum Gasteiger partial charge on any atom is -0.352 e. The van der Waals surface area contributed by atoms with Crippen LogP contribution in [0.3, 0.4) is 0 Å². The van der Waals surface area contributed by atoms with Crippen LogP contribution in [-0.2, 0) is 11.3 Å². The van der Waals surface area contributed by atoms with Crippen LogP contribution in [-0.4, -0.2) is 11.8 Å². The van der Waals surface area contributed by atoms with E-state index in [0.717, 1.165) is 18.4 Å². The number of benzene rings is 1. The van der Waals surface area contributed by atoms with Gasteiger partial charge in [0.2, 0.25) is 5.91 Å². The first-order valence-electron chi connectivity index (χ1n) is 5.29. The molecule has 2 nitrogen and oxygen atoms in total. The van der Waals surface area contributed by atoms with Crippen LogP contribution in [0.1, 0.15) is 24.8 Å². The summed E-state index contributed by atoms with van der Waals surface area (Å²) in [7, 11) is 0. The zero-order valence-corrected chi connectivity index (χ0v) is 10.5. The Morgan fingerprint density at radius 2 is 2.12 bits per heavy atom. The summed E-state index contributed by atoms with van der Waals surface area (Å²) in [6, 6.07) is 7.47. The van der Waals surface area contributed by atoms with Gasteiger partial charge in [-0.1, -0.05) is 23.7 Å². The van der Waals surface area contributed by atoms with E-state index >= 15 is 0 Å². The highest BCUT2D eigenvalue weighted by atomic mass is 35.5. The average molecular weight is 260 g/mol. The number of carbonyl (C=O) groups is 1. The predicted molar refractivity (Wildman–Crippen MR) is 67.9 cm³/mol. The summed E-state index contributed by atoms with van der Waals surface area (Å²) in [5.41, 5.74) is 1.01. The maximum Gasteiger partial charge on any atom is 0.220 e. The smallest absolute Gasteiger partial charge is 0.220 e. The maximum atomic E-state index is 11.4. The molecule has 1 aromatic carbocycles. The minimum absolute atomic E-state index is 0.0603. The van der Waals surface area contributed by atoms with Gasteiger partial charge in [0.05, 0.1) is 0 Å². The normalized spacial score (nSPS) is 10.1. The van der Waals surface area contributed by atoms with Crippen molar-refractivity contribution in [1.82, 2.24) is 5.32 Å². The molecule has 1 N–H and O–H groups in total. The lowest BCUT2D eigenvalue weighted by molar-refractivity contribution is -0.121. The molecule has 0 aliphatic heterocycles. The lowest BCUT2D eigenvalue weighted by atomic mass is 10.2. The van der Waals surface area contributed by atoms with Gasteiger partial charge in [0.1, 0.15) is 0 Å². The Hall–Kier alpha value is -0.730. The Balaban J connectivity index is 2.26. The van der Waals surface area contributed by atoms with Gasteiger partial charge in [0, 0.05) is 23.9 Å². The molecule has 0 fully saturated rings. The van der Waals surface area contributed by atoms with E-state index in [2.05, 4.69) is 5.32 Å². The van der Waals surface area contributed by atoms with E-state index in [1.54, 1.807) is 0 Å². The van der Waals surface area contributed by atoms with Crippen molar-refractivity contribution >= 4 is 29.1 Å². The van der Waals surface area contributed by atoms with E-state index in [1.165, 1.54) is 0 Å². The Morgan fingerprint density at radius 3 is 2.81 bits per heavy atom. The molecular weight excluding hydrogens is 245 g/mol. The molecule has 16 heavy (non-hydrogen) atoms. The van der Waals surface area contributed by atoms with Crippen LogP contribution < -0.4 is 5.32 Å². The highest BCUT2D eigenvalue weighted by Gasteiger charge is 2.01. The zero-order valence-electron chi connectivity index (χ0n) is 9.01. The summed E-state index contributed by atoms with van der Waals surface area (Å²) in [6.45, 7) is 0.528. The number of alkyl halides is 1. The van der Waals surface area contributed by atoms with Crippen LogP contribution in [0.2, 0.25) is 5.02 Å². The number of nitrogens with one attached hydrogen (secondary N) is 1. The molecule has 0 unspecified atom stereocenters. The molecule has 0 aliphatic carbocycles. The molecule has 0 atom stereocenters. The molecule has 0 aliphatic rings. The topological polar surface area (TPSA) is 29.1 Å². The summed E-state index contributed by atoms with van der Waals surface area (Å²) >= 11 is 11.4. The van der Waals surface area contributed by atoms with E-state index in [1.807, 2.05) is 24.3 Å². The first-order chi connectivity index (χ1) is 7.72. The van der Waals surface area contributed by atoms with Crippen LogP contribution >= 0.6 is 23.2 Å². The molecule has 0 aromatic heterocycles. The van der Waals surface area contributed by atoms with Gasteiger partial charge >= 0.3 is 0 Å². The van der Waals surface area contributed by atoms with Gasteiger partial charge in [-0.15, -0.1) is 11.6 Å². The average Bonchev–Trinajstić information content (AvgIpc) is 2.27. The SMILES string of the molecule is O=C(CCCCCl)NCc1cccc(Cl)c1. The van der Waals surface area contributed by atoms with Crippen LogP contribution in [0.15, 0.2) is 24.3 Å². The Bertz CT molecular complexity index is 342. The molecule has 0 spiro atoms. The number of hydrogen-bond donors (Lipinski definition) is 1. The summed E-state index contributed by atoms with van der Waals surface area (Å²) in [5.74, 6) is 0.673. The fourth-order valence-electron chi connectivity index (χ4n) is 1.32. The van der Waals surface area contributed by atoms with Gasteiger partial charge < -0.3 is 5.32 Å². The zero-order chi connectivity index (χ0) is 11.8. The number of halogens is 2. The third-order valence-electron chi connectivity index (χ3n) is 2.17. The van der Waals surface area contributed by atoms with Crippen LogP contribution in [0.5, 0.6) is 0 Å². The Morgan fingerprint density at radius 1 is 1.31 bits per heavy atom. The first kappa shape index (κ1) is 13.3. The van der Waals surface area contributed by atoms with Crippen LogP contribution in [0, 0.1) is 0 Å². The van der Waals surface area contributed by atoms with Crippen molar-refractivity contribution in [2.75, 3.05) is 5.88 Å². The van der Waals surface area contributed by atoms with Crippen molar-refractivity contribution in [1.29, 1.82) is 0 Å². The third-order valence-corrected chi connectivity index (χ3v) is 2.67. The molecule has 0 saturated heterocycles. The number of rotatable bonds is 6. The predicted octanol–water partition coefficient (Wildman–Crippen LogP) is 3.37. The summed E-state index contributed by atoms with van der Waals surface area (Å²) < 4.78 is 0. The minimum atomic E-state index is 0.0603. The summed E-state index contributed by atoms with van der Waals surface area (Å²) in [4.78, 5) is 11.4. The van der Waals surface area contributed by atoms with Crippen LogP contribution in [0.4, 0.5) is 0 Å². The molecule has 0 bridgehead atoms. The van der Waals surface area contributed by atoms with E-state index in [-0.39, 0.29) is 5.91 Å². The van der Waals surface area contributed by atoms with Gasteiger partial charge in [-0.2, -0.15) is 0 Å². The van der Waals surface area contributed by atoms with Crippen molar-refractivity contribution < 1.29 is 4.79 Å². The summed E-state index contributed by atoms with van der Waals surface area (Å²) in [5, 5.41) is 3.53. The van der Waals surface area contributed by atoms with E-state index in [0.29, 0.717) is 23.9 Å². The molecule has 0 heterocycles. The molecule has 1 amide bonds. The molecular formula is C12H15Cl2NO. The number of carbonyl (C=O) groups excluding carboxylic acids is 1. The molecule has 0 radical (unpaired) electrons. The maximum absolute atomic E-state index is 11.4. The third kappa shape index (κ3) is 5.38. The standard InChI is InChI=1S/C12H15Cl2NO/c13-7-2-1-6-12(16)15-9-10-4-3-5-11(14)8-10/h3-5,8H,1-2,6-7,9H2,(H,15,16). The molecule has 0 saturated carbocycles. The molecule has 88 valence electrons. The fourth-order valence-corrected chi connectivity index (χ4v) is 1.72. The lowest BCUT2D eigenvalue weighted by Gasteiger charge is -2.05. The molecule has 4 heteroatoms. The summed E-state index contributed by atoms with van der Waals surface area (Å²) in [6.07, 6.45) is 2.25. The van der Waals surface area contributed by atoms with Gasteiger partial charge in [0.25, 0.3) is 0 Å². The quantitative estimate of drug-likeness (QED) is 0.616. The molecule has 1 rings (SSSR count). The second-order valence-corrected chi connectivity index (χ2v) is 4.37. The largest absolute Gasteiger partial charge is 0.352 e. The lowest BCUT2D eigenvalue weighted by Crippen LogP contribution is -2.22. The monoisotopic (exact) mass is 259 g/mol. The van der Waals surface area contributed by atoms with E-state index in [9.17, 15) is 4.79 Å². The van der Waals surface area contributed by atoms with Crippen LogP contribution in [0.25, 0.3) is 0 Å².